The van der Waals surface area contributed by atoms with E-state index in [2.05, 4.69) is 20.8 Å². The molecule has 0 spiro atoms. The zero-order valence-corrected chi connectivity index (χ0v) is 10.5. The summed E-state index contributed by atoms with van der Waals surface area (Å²) >= 11 is 0. The van der Waals surface area contributed by atoms with Gasteiger partial charge in [0, 0.05) is 7.26 Å². The van der Waals surface area contributed by atoms with Crippen molar-refractivity contribution in [2.75, 3.05) is 18.5 Å². The fraction of sp³-hybridized carbons (Fsp3) is 1.00. The van der Waals surface area contributed by atoms with Gasteiger partial charge in [0.25, 0.3) is 0 Å². The highest BCUT2D eigenvalue weighted by Crippen LogP contribution is 2.66. The predicted octanol–water partition coefficient (Wildman–Crippen LogP) is -0.204. The Labute approximate surface area is 83.7 Å². The molecule has 0 fully saturated rings. The smallest absolute Gasteiger partial charge is 0.168 e. The third-order valence-corrected chi connectivity index (χ3v) is 8.93. The Morgan fingerprint density at radius 2 is 1.25 bits per heavy atom. The number of aliphatic hydroxyl groups is 1. The van der Waals surface area contributed by atoms with E-state index in [-0.39, 0.29) is 12.4 Å². The molecule has 0 heterocycles. The molecule has 0 radical (unpaired) electrons. The van der Waals surface area contributed by atoms with Crippen LogP contribution >= 0.6 is 7.26 Å². The van der Waals surface area contributed by atoms with Crippen LogP contribution in [0.4, 0.5) is 0 Å². The SMILES string of the molecule is CC[P+](CC)(CC)C(C)(C)O.[Cl-]. The Hall–Kier alpha value is 0.680. The first kappa shape index (κ1) is 15.2. The Kier molecular flexibility index (Phi) is 6.85. The van der Waals surface area contributed by atoms with Crippen molar-refractivity contribution in [2.45, 2.75) is 40.0 Å². The van der Waals surface area contributed by atoms with Crippen molar-refractivity contribution in [3.63, 3.8) is 0 Å². The minimum atomic E-state index is -1.07. The fourth-order valence-electron chi connectivity index (χ4n) is 1.83. The molecule has 0 unspecified atom stereocenters. The lowest BCUT2D eigenvalue weighted by Crippen LogP contribution is -3.00. The molecule has 0 aliphatic carbocycles. The molecule has 12 heavy (non-hydrogen) atoms. The molecule has 0 aliphatic rings. The summed E-state index contributed by atoms with van der Waals surface area (Å²) in [5.41, 5.74) is 0. The van der Waals surface area contributed by atoms with E-state index in [1.165, 1.54) is 18.5 Å². The summed E-state index contributed by atoms with van der Waals surface area (Å²) in [5.74, 6) is 0. The minimum Gasteiger partial charge on any atom is -1.00 e. The monoisotopic (exact) mass is 212 g/mol. The van der Waals surface area contributed by atoms with Crippen LogP contribution in [0.5, 0.6) is 0 Å². The van der Waals surface area contributed by atoms with Crippen molar-refractivity contribution in [1.82, 2.24) is 0 Å². The van der Waals surface area contributed by atoms with Gasteiger partial charge in [0.15, 0.2) is 5.34 Å². The molecule has 0 aromatic heterocycles. The second-order valence-electron chi connectivity index (χ2n) is 3.59. The molecule has 0 aliphatic heterocycles. The molecular weight excluding hydrogens is 191 g/mol. The van der Waals surface area contributed by atoms with Gasteiger partial charge < -0.3 is 17.5 Å². The highest BCUT2D eigenvalue weighted by molar-refractivity contribution is 7.77. The molecular formula is C9H22ClOP. The maximum absolute atomic E-state index is 9.98. The van der Waals surface area contributed by atoms with E-state index < -0.39 is 12.6 Å². The average molecular weight is 213 g/mol. The maximum atomic E-state index is 9.98. The van der Waals surface area contributed by atoms with Crippen LogP contribution in [0.1, 0.15) is 34.6 Å². The van der Waals surface area contributed by atoms with E-state index >= 15 is 0 Å². The van der Waals surface area contributed by atoms with Gasteiger partial charge in [-0.05, 0) is 34.6 Å². The Bertz CT molecular complexity index is 108. The maximum Gasteiger partial charge on any atom is 0.168 e. The largest absolute Gasteiger partial charge is 1.00 e. The molecule has 1 nitrogen and oxygen atoms in total. The molecule has 1 N–H and O–H groups in total. The first-order chi connectivity index (χ1) is 4.93. The van der Waals surface area contributed by atoms with Crippen molar-refractivity contribution in [1.29, 1.82) is 0 Å². The van der Waals surface area contributed by atoms with E-state index in [1.54, 1.807) is 0 Å². The van der Waals surface area contributed by atoms with Crippen LogP contribution in [0.25, 0.3) is 0 Å². The van der Waals surface area contributed by atoms with Gasteiger partial charge in [-0.15, -0.1) is 0 Å². The van der Waals surface area contributed by atoms with Crippen LogP contribution in [0.15, 0.2) is 0 Å². The lowest BCUT2D eigenvalue weighted by molar-refractivity contribution is -0.00000570. The fourth-order valence-corrected chi connectivity index (χ4v) is 5.49. The van der Waals surface area contributed by atoms with Gasteiger partial charge in [0.2, 0.25) is 0 Å². The molecule has 0 rings (SSSR count). The van der Waals surface area contributed by atoms with Crippen LogP contribution in [0, 0.1) is 0 Å². The lowest BCUT2D eigenvalue weighted by Gasteiger charge is -2.34. The summed E-state index contributed by atoms with van der Waals surface area (Å²) in [4.78, 5) is 0. The quantitative estimate of drug-likeness (QED) is 0.640. The van der Waals surface area contributed by atoms with Crippen LogP contribution in [-0.2, 0) is 0 Å². The van der Waals surface area contributed by atoms with E-state index in [1.807, 2.05) is 13.8 Å². The summed E-state index contributed by atoms with van der Waals surface area (Å²) in [7, 11) is -1.07. The summed E-state index contributed by atoms with van der Waals surface area (Å²) < 4.78 is 0. The number of rotatable bonds is 4. The van der Waals surface area contributed by atoms with Crippen LogP contribution in [0.3, 0.4) is 0 Å². The van der Waals surface area contributed by atoms with Crippen molar-refractivity contribution < 1.29 is 17.5 Å². The molecule has 0 saturated heterocycles. The molecule has 0 saturated carbocycles. The summed E-state index contributed by atoms with van der Waals surface area (Å²) in [6.45, 7) is 10.6. The molecule has 3 heteroatoms. The molecule has 0 atom stereocenters. The third-order valence-electron chi connectivity index (χ3n) is 2.98. The van der Waals surface area contributed by atoms with Gasteiger partial charge >= 0.3 is 0 Å². The second kappa shape index (κ2) is 5.42. The van der Waals surface area contributed by atoms with Gasteiger partial charge in [0.05, 0.1) is 18.5 Å². The van der Waals surface area contributed by atoms with Gasteiger partial charge in [-0.1, -0.05) is 0 Å². The number of halogens is 1. The second-order valence-corrected chi connectivity index (χ2v) is 8.87. The first-order valence-corrected chi connectivity index (χ1v) is 6.86. The van der Waals surface area contributed by atoms with E-state index in [9.17, 15) is 5.11 Å². The Balaban J connectivity index is 0. The average Bonchev–Trinajstić information content (AvgIpc) is 1.90. The summed E-state index contributed by atoms with van der Waals surface area (Å²) in [6, 6.07) is 0. The Morgan fingerprint density at radius 1 is 1.00 bits per heavy atom. The predicted molar refractivity (Wildman–Crippen MR) is 54.8 cm³/mol. The zero-order valence-electron chi connectivity index (χ0n) is 8.89. The van der Waals surface area contributed by atoms with Crippen LogP contribution in [0.2, 0.25) is 0 Å². The van der Waals surface area contributed by atoms with Crippen molar-refractivity contribution in [3.8, 4) is 0 Å². The highest BCUT2D eigenvalue weighted by Gasteiger charge is 2.46. The zero-order chi connectivity index (χ0) is 9.12. The molecule has 0 aromatic rings. The van der Waals surface area contributed by atoms with Crippen molar-refractivity contribution >= 4 is 7.26 Å². The molecule has 0 aromatic carbocycles. The summed E-state index contributed by atoms with van der Waals surface area (Å²) in [6.07, 6.45) is 3.51. The van der Waals surface area contributed by atoms with E-state index in [4.69, 9.17) is 0 Å². The summed E-state index contributed by atoms with van der Waals surface area (Å²) in [5, 5.41) is 9.55. The van der Waals surface area contributed by atoms with E-state index in [0.717, 1.165) is 0 Å². The van der Waals surface area contributed by atoms with Gasteiger partial charge in [-0.25, -0.2) is 0 Å². The molecule has 0 amide bonds. The van der Waals surface area contributed by atoms with Gasteiger partial charge in [0.1, 0.15) is 0 Å². The van der Waals surface area contributed by atoms with Crippen LogP contribution < -0.4 is 12.4 Å². The van der Waals surface area contributed by atoms with E-state index in [0.29, 0.717) is 0 Å². The lowest BCUT2D eigenvalue weighted by atomic mass is 10.5. The number of hydrogen-bond acceptors (Lipinski definition) is 1. The van der Waals surface area contributed by atoms with Crippen LogP contribution in [-0.4, -0.2) is 28.9 Å². The molecule has 0 bridgehead atoms. The third kappa shape index (κ3) is 2.87. The first-order valence-electron chi connectivity index (χ1n) is 4.52. The van der Waals surface area contributed by atoms with Crippen molar-refractivity contribution in [3.05, 3.63) is 0 Å². The Morgan fingerprint density at radius 3 is 1.25 bits per heavy atom. The van der Waals surface area contributed by atoms with Crippen molar-refractivity contribution in [2.24, 2.45) is 0 Å². The highest BCUT2D eigenvalue weighted by atomic mass is 35.5. The normalized spacial score (nSPS) is 12.5. The number of hydrogen-bond donors (Lipinski definition) is 1. The van der Waals surface area contributed by atoms with Gasteiger partial charge in [-0.2, -0.15) is 0 Å². The minimum absolute atomic E-state index is 0. The standard InChI is InChI=1S/C9H22OP.ClH/c1-6-11(7-2,8-3)9(4,5)10;/h10H,6-8H2,1-5H3;1H/q+1;/p-1. The molecule has 76 valence electrons. The van der Waals surface area contributed by atoms with Gasteiger partial charge in [-0.3, -0.25) is 0 Å². The topological polar surface area (TPSA) is 20.2 Å².